The topological polar surface area (TPSA) is 69.8 Å². The van der Waals surface area contributed by atoms with Crippen LogP contribution in [0.4, 0.5) is 11.5 Å². The molecule has 0 bridgehead atoms. The van der Waals surface area contributed by atoms with Crippen molar-refractivity contribution in [3.63, 3.8) is 0 Å². The monoisotopic (exact) mass is 270 g/mol. The molecule has 0 saturated carbocycles. The van der Waals surface area contributed by atoms with E-state index in [-0.39, 0.29) is 11.9 Å². The minimum atomic E-state index is -0.230. The Hall–Kier alpha value is -2.30. The van der Waals surface area contributed by atoms with Gasteiger partial charge in [0.25, 0.3) is 0 Å². The highest BCUT2D eigenvalue weighted by Gasteiger charge is 2.26. The van der Waals surface area contributed by atoms with E-state index in [1.165, 1.54) is 5.56 Å². The Morgan fingerprint density at radius 2 is 2.20 bits per heavy atom. The lowest BCUT2D eigenvalue weighted by Gasteiger charge is -2.10. The number of H-pyrrole nitrogens is 1. The van der Waals surface area contributed by atoms with E-state index in [9.17, 15) is 4.79 Å². The molecular weight excluding hydrogens is 252 g/mol. The van der Waals surface area contributed by atoms with Crippen LogP contribution in [-0.2, 0) is 11.2 Å². The molecule has 0 aliphatic carbocycles. The predicted molar refractivity (Wildman–Crippen MR) is 78.9 cm³/mol. The molecule has 1 atom stereocenters. The molecule has 2 heterocycles. The number of aromatic amines is 1. The fraction of sp³-hybridized carbons (Fsp3) is 0.333. The van der Waals surface area contributed by atoms with Crippen molar-refractivity contribution in [1.29, 1.82) is 0 Å². The summed E-state index contributed by atoms with van der Waals surface area (Å²) in [4.78, 5) is 12.2. The van der Waals surface area contributed by atoms with Crippen molar-refractivity contribution in [1.82, 2.24) is 10.2 Å². The van der Waals surface area contributed by atoms with Gasteiger partial charge in [0.1, 0.15) is 6.04 Å². The lowest BCUT2D eigenvalue weighted by atomic mass is 10.1. The Balaban J connectivity index is 1.66. The first-order valence-corrected chi connectivity index (χ1v) is 6.84. The Morgan fingerprint density at radius 1 is 1.40 bits per heavy atom. The van der Waals surface area contributed by atoms with Gasteiger partial charge in [0.05, 0.1) is 0 Å². The van der Waals surface area contributed by atoms with E-state index in [0.717, 1.165) is 11.4 Å². The fourth-order valence-electron chi connectivity index (χ4n) is 2.37. The third-order valence-electron chi connectivity index (χ3n) is 3.56. The summed E-state index contributed by atoms with van der Waals surface area (Å²) in [6, 6.07) is 9.64. The molecule has 0 unspecified atom stereocenters. The minimum absolute atomic E-state index is 0.0528. The van der Waals surface area contributed by atoms with E-state index in [2.05, 4.69) is 34.7 Å². The number of amides is 1. The van der Waals surface area contributed by atoms with Gasteiger partial charge >= 0.3 is 0 Å². The summed E-state index contributed by atoms with van der Waals surface area (Å²) in [6.45, 7) is 4.16. The quantitative estimate of drug-likeness (QED) is 0.802. The molecule has 0 saturated heterocycles. The highest BCUT2D eigenvalue weighted by Crippen LogP contribution is 2.25. The van der Waals surface area contributed by atoms with Crippen molar-refractivity contribution in [3.05, 3.63) is 41.6 Å². The van der Waals surface area contributed by atoms with Crippen LogP contribution in [0.15, 0.2) is 30.3 Å². The van der Waals surface area contributed by atoms with Gasteiger partial charge < -0.3 is 10.6 Å². The van der Waals surface area contributed by atoms with Crippen LogP contribution in [-0.4, -0.2) is 22.1 Å². The lowest BCUT2D eigenvalue weighted by molar-refractivity contribution is -0.116. The van der Waals surface area contributed by atoms with Gasteiger partial charge in [-0.15, -0.1) is 0 Å². The molecule has 5 nitrogen and oxygen atoms in total. The summed E-state index contributed by atoms with van der Waals surface area (Å²) in [6.07, 6.45) is 0.712. The molecule has 0 fully saturated rings. The molecular formula is C15H18N4O. The van der Waals surface area contributed by atoms with Crippen molar-refractivity contribution in [2.24, 2.45) is 0 Å². The zero-order chi connectivity index (χ0) is 14.1. The number of anilines is 2. The van der Waals surface area contributed by atoms with E-state index in [1.54, 1.807) is 0 Å². The summed E-state index contributed by atoms with van der Waals surface area (Å²) in [5.41, 5.74) is 3.23. The van der Waals surface area contributed by atoms with Crippen molar-refractivity contribution < 1.29 is 4.79 Å². The Labute approximate surface area is 117 Å². The highest BCUT2D eigenvalue weighted by molar-refractivity contribution is 5.97. The number of nitrogens with one attached hydrogen (secondary N) is 3. The van der Waals surface area contributed by atoms with E-state index in [1.807, 2.05) is 30.3 Å². The van der Waals surface area contributed by atoms with Crippen molar-refractivity contribution in [2.75, 3.05) is 10.6 Å². The average Bonchev–Trinajstić information content (AvgIpc) is 3.04. The van der Waals surface area contributed by atoms with E-state index in [4.69, 9.17) is 0 Å². The van der Waals surface area contributed by atoms with Gasteiger partial charge in [-0.2, -0.15) is 5.10 Å². The summed E-state index contributed by atoms with van der Waals surface area (Å²) < 4.78 is 0. The molecule has 2 aromatic rings. The van der Waals surface area contributed by atoms with Gasteiger partial charge in [-0.05, 0) is 17.5 Å². The second-order valence-electron chi connectivity index (χ2n) is 5.41. The summed E-state index contributed by atoms with van der Waals surface area (Å²) in [7, 11) is 0. The van der Waals surface area contributed by atoms with Gasteiger partial charge in [0.2, 0.25) is 5.91 Å². The average molecular weight is 270 g/mol. The van der Waals surface area contributed by atoms with Crippen molar-refractivity contribution in [3.8, 4) is 0 Å². The standard InChI is InChI=1S/C15H18N4O/c1-9(2)12-8-14(19-18-12)17-15(20)13-7-10-5-3-4-6-11(10)16-13/h3-6,8-9,13,16H,7H2,1-2H3,(H2,17,18,19,20)/t13-/m0/s1. The molecule has 3 N–H and O–H groups in total. The van der Waals surface area contributed by atoms with Crippen LogP contribution < -0.4 is 10.6 Å². The Bertz CT molecular complexity index is 607. The van der Waals surface area contributed by atoms with Crippen LogP contribution >= 0.6 is 0 Å². The number of aromatic nitrogens is 2. The number of nitrogens with zero attached hydrogens (tertiary/aromatic N) is 1. The molecule has 0 spiro atoms. The number of hydrogen-bond acceptors (Lipinski definition) is 3. The molecule has 1 amide bonds. The number of fused-ring (bicyclic) bond motifs is 1. The maximum absolute atomic E-state index is 12.2. The maximum atomic E-state index is 12.2. The molecule has 3 rings (SSSR count). The van der Waals surface area contributed by atoms with E-state index in [0.29, 0.717) is 18.2 Å². The third-order valence-corrected chi connectivity index (χ3v) is 3.56. The highest BCUT2D eigenvalue weighted by atomic mass is 16.2. The summed E-state index contributed by atoms with van der Waals surface area (Å²) in [5.74, 6) is 0.890. The smallest absolute Gasteiger partial charge is 0.248 e. The molecule has 1 aliphatic rings. The number of carbonyl (C=O) groups excluding carboxylic acids is 1. The van der Waals surface area contributed by atoms with Gasteiger partial charge in [-0.1, -0.05) is 32.0 Å². The number of para-hydroxylation sites is 1. The van der Waals surface area contributed by atoms with Crippen LogP contribution in [0.25, 0.3) is 0 Å². The normalized spacial score (nSPS) is 16.9. The first kappa shape index (κ1) is 12.7. The summed E-state index contributed by atoms with van der Waals surface area (Å²) >= 11 is 0. The zero-order valence-corrected chi connectivity index (χ0v) is 11.6. The number of rotatable bonds is 3. The van der Waals surface area contributed by atoms with Gasteiger partial charge in [0, 0.05) is 23.9 Å². The first-order valence-electron chi connectivity index (χ1n) is 6.84. The maximum Gasteiger partial charge on any atom is 0.248 e. The SMILES string of the molecule is CC(C)c1cc(NC(=O)[C@@H]2Cc3ccccc3N2)n[nH]1. The van der Waals surface area contributed by atoms with Crippen LogP contribution in [0.3, 0.4) is 0 Å². The van der Waals surface area contributed by atoms with Crippen molar-refractivity contribution in [2.45, 2.75) is 32.2 Å². The Morgan fingerprint density at radius 3 is 2.90 bits per heavy atom. The van der Waals surface area contributed by atoms with Crippen LogP contribution in [0.5, 0.6) is 0 Å². The molecule has 1 aromatic carbocycles. The molecule has 1 aromatic heterocycles. The molecule has 0 radical (unpaired) electrons. The minimum Gasteiger partial charge on any atom is -0.373 e. The zero-order valence-electron chi connectivity index (χ0n) is 11.6. The Kier molecular flexibility index (Phi) is 3.18. The second-order valence-corrected chi connectivity index (χ2v) is 5.41. The number of hydrogen-bond donors (Lipinski definition) is 3. The summed E-state index contributed by atoms with van der Waals surface area (Å²) in [5, 5.41) is 13.1. The number of carbonyl (C=O) groups is 1. The van der Waals surface area contributed by atoms with Crippen LogP contribution in [0, 0.1) is 0 Å². The van der Waals surface area contributed by atoms with E-state index < -0.39 is 0 Å². The first-order chi connectivity index (χ1) is 9.63. The second kappa shape index (κ2) is 5.00. The fourth-order valence-corrected chi connectivity index (χ4v) is 2.37. The molecule has 104 valence electrons. The molecule has 5 heteroatoms. The van der Waals surface area contributed by atoms with Crippen molar-refractivity contribution >= 4 is 17.4 Å². The number of benzene rings is 1. The van der Waals surface area contributed by atoms with Gasteiger partial charge in [-0.3, -0.25) is 9.89 Å². The van der Waals surface area contributed by atoms with E-state index >= 15 is 0 Å². The van der Waals surface area contributed by atoms with Crippen LogP contribution in [0.2, 0.25) is 0 Å². The van der Waals surface area contributed by atoms with Crippen LogP contribution in [0.1, 0.15) is 31.0 Å². The largest absolute Gasteiger partial charge is 0.373 e. The van der Waals surface area contributed by atoms with Gasteiger partial charge in [0.15, 0.2) is 5.82 Å². The third kappa shape index (κ3) is 2.39. The van der Waals surface area contributed by atoms with Gasteiger partial charge in [-0.25, -0.2) is 0 Å². The predicted octanol–water partition coefficient (Wildman–Crippen LogP) is 2.51. The lowest BCUT2D eigenvalue weighted by Crippen LogP contribution is -2.32. The molecule has 20 heavy (non-hydrogen) atoms. The molecule has 1 aliphatic heterocycles.